The molecule has 1 aromatic heterocycles. The molecular formula is C15H17N3O. The van der Waals surface area contributed by atoms with Crippen LogP contribution in [0.2, 0.25) is 0 Å². The van der Waals surface area contributed by atoms with Gasteiger partial charge >= 0.3 is 0 Å². The average Bonchev–Trinajstić information content (AvgIpc) is 2.69. The van der Waals surface area contributed by atoms with Crippen LogP contribution in [0, 0.1) is 0 Å². The molecule has 0 saturated carbocycles. The Morgan fingerprint density at radius 2 is 2.11 bits per heavy atom. The van der Waals surface area contributed by atoms with Gasteiger partial charge in [-0.3, -0.25) is 4.98 Å². The van der Waals surface area contributed by atoms with E-state index in [9.17, 15) is 0 Å². The maximum absolute atomic E-state index is 5.76. The van der Waals surface area contributed by atoms with Gasteiger partial charge in [0, 0.05) is 18.7 Å². The first-order valence-electron chi connectivity index (χ1n) is 6.47. The standard InChI is InChI=1S/C15H17N3O/c16-9-13-5-6-14(10-17-13)18-7-8-19-15-4-2-1-3-12(15)11-18/h1-6,10H,7-9,11,16H2. The number of nitrogens with zero attached hydrogens (tertiary/aromatic N) is 2. The van der Waals surface area contributed by atoms with E-state index in [1.54, 1.807) is 0 Å². The van der Waals surface area contributed by atoms with Crippen molar-refractivity contribution in [2.24, 2.45) is 5.73 Å². The van der Waals surface area contributed by atoms with Gasteiger partial charge in [-0.05, 0) is 18.2 Å². The minimum atomic E-state index is 0.478. The van der Waals surface area contributed by atoms with Crippen molar-refractivity contribution >= 4 is 5.69 Å². The van der Waals surface area contributed by atoms with Crippen molar-refractivity contribution < 1.29 is 4.74 Å². The Kier molecular flexibility index (Phi) is 3.33. The van der Waals surface area contributed by atoms with E-state index >= 15 is 0 Å². The quantitative estimate of drug-likeness (QED) is 0.891. The zero-order valence-corrected chi connectivity index (χ0v) is 10.7. The number of anilines is 1. The first-order chi connectivity index (χ1) is 9.36. The number of para-hydroxylation sites is 1. The van der Waals surface area contributed by atoms with Crippen LogP contribution in [0.1, 0.15) is 11.3 Å². The summed E-state index contributed by atoms with van der Waals surface area (Å²) in [4.78, 5) is 6.63. The number of nitrogens with two attached hydrogens (primary N) is 1. The van der Waals surface area contributed by atoms with E-state index in [2.05, 4.69) is 22.0 Å². The van der Waals surface area contributed by atoms with Crippen molar-refractivity contribution in [3.8, 4) is 5.75 Å². The van der Waals surface area contributed by atoms with Crippen LogP contribution in [0.15, 0.2) is 42.6 Å². The molecule has 2 aromatic rings. The van der Waals surface area contributed by atoms with Crippen LogP contribution in [0.25, 0.3) is 0 Å². The molecule has 2 N–H and O–H groups in total. The molecule has 4 nitrogen and oxygen atoms in total. The lowest BCUT2D eigenvalue weighted by Gasteiger charge is -2.21. The van der Waals surface area contributed by atoms with Gasteiger partial charge in [-0.1, -0.05) is 18.2 Å². The Labute approximate surface area is 112 Å². The van der Waals surface area contributed by atoms with Crippen molar-refractivity contribution in [2.45, 2.75) is 13.1 Å². The number of pyridine rings is 1. The maximum atomic E-state index is 5.76. The number of fused-ring (bicyclic) bond motifs is 1. The topological polar surface area (TPSA) is 51.4 Å². The summed E-state index contributed by atoms with van der Waals surface area (Å²) in [6.45, 7) is 2.88. The third-order valence-electron chi connectivity index (χ3n) is 3.34. The Morgan fingerprint density at radius 1 is 1.21 bits per heavy atom. The third-order valence-corrected chi connectivity index (χ3v) is 3.34. The number of ether oxygens (including phenoxy) is 1. The fourth-order valence-electron chi connectivity index (χ4n) is 2.27. The van der Waals surface area contributed by atoms with Crippen LogP contribution < -0.4 is 15.4 Å². The summed E-state index contributed by atoms with van der Waals surface area (Å²) in [6.07, 6.45) is 1.89. The van der Waals surface area contributed by atoms with Gasteiger partial charge in [0.2, 0.25) is 0 Å². The van der Waals surface area contributed by atoms with E-state index in [1.807, 2.05) is 30.5 Å². The number of benzene rings is 1. The van der Waals surface area contributed by atoms with Gasteiger partial charge in [0.15, 0.2) is 0 Å². The summed E-state index contributed by atoms with van der Waals surface area (Å²) in [7, 11) is 0. The van der Waals surface area contributed by atoms with Crippen molar-refractivity contribution in [1.29, 1.82) is 0 Å². The fourth-order valence-corrected chi connectivity index (χ4v) is 2.27. The lowest BCUT2D eigenvalue weighted by molar-refractivity contribution is 0.331. The fraction of sp³-hybridized carbons (Fsp3) is 0.267. The highest BCUT2D eigenvalue weighted by molar-refractivity contribution is 5.48. The summed E-state index contributed by atoms with van der Waals surface area (Å²) in [6, 6.07) is 12.2. The number of aromatic nitrogens is 1. The summed E-state index contributed by atoms with van der Waals surface area (Å²) < 4.78 is 5.76. The van der Waals surface area contributed by atoms with E-state index in [1.165, 1.54) is 5.56 Å². The Balaban J connectivity index is 1.85. The van der Waals surface area contributed by atoms with Crippen molar-refractivity contribution in [2.75, 3.05) is 18.1 Å². The van der Waals surface area contributed by atoms with Gasteiger partial charge in [0.1, 0.15) is 12.4 Å². The summed E-state index contributed by atoms with van der Waals surface area (Å²) in [5, 5.41) is 0. The van der Waals surface area contributed by atoms with Crippen molar-refractivity contribution in [1.82, 2.24) is 4.98 Å². The van der Waals surface area contributed by atoms with Gasteiger partial charge in [-0.2, -0.15) is 0 Å². The number of hydrogen-bond donors (Lipinski definition) is 1. The molecule has 0 unspecified atom stereocenters. The molecule has 0 saturated heterocycles. The maximum Gasteiger partial charge on any atom is 0.124 e. The van der Waals surface area contributed by atoms with E-state index in [0.29, 0.717) is 13.2 Å². The molecule has 1 aliphatic rings. The second-order valence-electron chi connectivity index (χ2n) is 4.59. The van der Waals surface area contributed by atoms with E-state index < -0.39 is 0 Å². The SMILES string of the molecule is NCc1ccc(N2CCOc3ccccc3C2)cn1. The molecule has 0 atom stereocenters. The Morgan fingerprint density at radius 3 is 2.89 bits per heavy atom. The van der Waals surface area contributed by atoms with Crippen LogP contribution in [-0.4, -0.2) is 18.1 Å². The van der Waals surface area contributed by atoms with Crippen LogP contribution in [0.3, 0.4) is 0 Å². The van der Waals surface area contributed by atoms with E-state index in [-0.39, 0.29) is 0 Å². The highest BCUT2D eigenvalue weighted by atomic mass is 16.5. The second-order valence-corrected chi connectivity index (χ2v) is 4.59. The van der Waals surface area contributed by atoms with E-state index in [4.69, 9.17) is 10.5 Å². The predicted octanol–water partition coefficient (Wildman–Crippen LogP) is 1.94. The van der Waals surface area contributed by atoms with Crippen LogP contribution >= 0.6 is 0 Å². The Bertz CT molecular complexity index is 554. The summed E-state index contributed by atoms with van der Waals surface area (Å²) in [5.74, 6) is 0.983. The largest absolute Gasteiger partial charge is 0.491 e. The van der Waals surface area contributed by atoms with Gasteiger partial charge in [0.25, 0.3) is 0 Å². The summed E-state index contributed by atoms with van der Waals surface area (Å²) >= 11 is 0. The minimum Gasteiger partial charge on any atom is -0.491 e. The predicted molar refractivity (Wildman–Crippen MR) is 75.1 cm³/mol. The highest BCUT2D eigenvalue weighted by Crippen LogP contribution is 2.25. The monoisotopic (exact) mass is 255 g/mol. The second kappa shape index (κ2) is 5.28. The lowest BCUT2D eigenvalue weighted by atomic mass is 10.2. The molecular weight excluding hydrogens is 238 g/mol. The van der Waals surface area contributed by atoms with Crippen molar-refractivity contribution in [3.63, 3.8) is 0 Å². The first-order valence-corrected chi connectivity index (χ1v) is 6.47. The third kappa shape index (κ3) is 2.53. The highest BCUT2D eigenvalue weighted by Gasteiger charge is 2.15. The van der Waals surface area contributed by atoms with Gasteiger partial charge in [-0.15, -0.1) is 0 Å². The molecule has 1 aliphatic heterocycles. The molecule has 3 rings (SSSR count). The molecule has 2 heterocycles. The molecule has 0 spiro atoms. The van der Waals surface area contributed by atoms with Gasteiger partial charge < -0.3 is 15.4 Å². The molecule has 1 aromatic carbocycles. The zero-order valence-electron chi connectivity index (χ0n) is 10.7. The van der Waals surface area contributed by atoms with Gasteiger partial charge in [-0.25, -0.2) is 0 Å². The normalized spacial score (nSPS) is 14.5. The molecule has 4 heteroatoms. The first kappa shape index (κ1) is 12.0. The average molecular weight is 255 g/mol. The van der Waals surface area contributed by atoms with Crippen LogP contribution in [-0.2, 0) is 13.1 Å². The smallest absolute Gasteiger partial charge is 0.124 e. The van der Waals surface area contributed by atoms with Gasteiger partial charge in [0.05, 0.1) is 24.1 Å². The molecule has 0 bridgehead atoms. The number of hydrogen-bond acceptors (Lipinski definition) is 4. The van der Waals surface area contributed by atoms with Crippen molar-refractivity contribution in [3.05, 3.63) is 53.9 Å². The van der Waals surface area contributed by atoms with Crippen LogP contribution in [0.4, 0.5) is 5.69 Å². The molecule has 0 aliphatic carbocycles. The zero-order chi connectivity index (χ0) is 13.1. The Hall–Kier alpha value is -2.07. The molecule has 98 valence electrons. The minimum absolute atomic E-state index is 0.478. The van der Waals surface area contributed by atoms with E-state index in [0.717, 1.165) is 30.2 Å². The summed E-state index contributed by atoms with van der Waals surface area (Å²) in [5.41, 5.74) is 8.80. The number of rotatable bonds is 2. The van der Waals surface area contributed by atoms with Crippen LogP contribution in [0.5, 0.6) is 5.75 Å². The molecule has 0 radical (unpaired) electrons. The molecule has 0 amide bonds. The molecule has 0 fully saturated rings. The lowest BCUT2D eigenvalue weighted by Crippen LogP contribution is -2.25. The molecule has 19 heavy (non-hydrogen) atoms.